The highest BCUT2D eigenvalue weighted by atomic mass is 16.5. The molecule has 5 nitrogen and oxygen atoms in total. The van der Waals surface area contributed by atoms with E-state index >= 15 is 0 Å². The van der Waals surface area contributed by atoms with E-state index in [1.54, 1.807) is 25.4 Å². The predicted octanol–water partition coefficient (Wildman–Crippen LogP) is 2.85. The number of pyridine rings is 1. The first-order chi connectivity index (χ1) is 11.7. The van der Waals surface area contributed by atoms with Gasteiger partial charge in [-0.2, -0.15) is 0 Å². The van der Waals surface area contributed by atoms with Gasteiger partial charge in [-0.3, -0.25) is 9.88 Å². The first-order valence-electron chi connectivity index (χ1n) is 8.19. The SMILES string of the molecule is COc1ccccc1CN1CCC(Cc2ncccc2C(=O)O)C1. The summed E-state index contributed by atoms with van der Waals surface area (Å²) in [4.78, 5) is 18.0. The molecular weight excluding hydrogens is 304 g/mol. The maximum atomic E-state index is 11.3. The number of hydrogen-bond acceptors (Lipinski definition) is 4. The van der Waals surface area contributed by atoms with E-state index in [4.69, 9.17) is 4.74 Å². The molecule has 1 aliphatic rings. The van der Waals surface area contributed by atoms with Gasteiger partial charge in [-0.1, -0.05) is 18.2 Å². The van der Waals surface area contributed by atoms with E-state index in [1.165, 1.54) is 5.56 Å². The maximum Gasteiger partial charge on any atom is 0.337 e. The molecule has 3 rings (SSSR count). The lowest BCUT2D eigenvalue weighted by molar-refractivity contribution is 0.0695. The van der Waals surface area contributed by atoms with Gasteiger partial charge in [0.1, 0.15) is 5.75 Å². The molecule has 0 saturated carbocycles. The zero-order chi connectivity index (χ0) is 16.9. The summed E-state index contributed by atoms with van der Waals surface area (Å²) >= 11 is 0. The third kappa shape index (κ3) is 3.74. The van der Waals surface area contributed by atoms with Gasteiger partial charge >= 0.3 is 5.97 Å². The van der Waals surface area contributed by atoms with Gasteiger partial charge in [0.15, 0.2) is 0 Å². The summed E-state index contributed by atoms with van der Waals surface area (Å²) in [5.41, 5.74) is 2.19. The Morgan fingerprint density at radius 1 is 1.33 bits per heavy atom. The summed E-state index contributed by atoms with van der Waals surface area (Å²) in [5.74, 6) is 0.452. The highest BCUT2D eigenvalue weighted by Crippen LogP contribution is 2.26. The monoisotopic (exact) mass is 326 g/mol. The molecule has 1 N–H and O–H groups in total. The van der Waals surface area contributed by atoms with E-state index in [2.05, 4.69) is 16.0 Å². The molecule has 0 bridgehead atoms. The molecule has 126 valence electrons. The fourth-order valence-electron chi connectivity index (χ4n) is 3.37. The number of benzene rings is 1. The second-order valence-corrected chi connectivity index (χ2v) is 6.21. The number of carbonyl (C=O) groups is 1. The van der Waals surface area contributed by atoms with Crippen LogP contribution in [0.25, 0.3) is 0 Å². The molecule has 0 spiro atoms. The van der Waals surface area contributed by atoms with E-state index < -0.39 is 5.97 Å². The Bertz CT molecular complexity index is 717. The third-order valence-electron chi connectivity index (χ3n) is 4.56. The number of para-hydroxylation sites is 1. The van der Waals surface area contributed by atoms with Crippen molar-refractivity contribution >= 4 is 5.97 Å². The molecule has 0 aliphatic carbocycles. The van der Waals surface area contributed by atoms with Gasteiger partial charge in [-0.05, 0) is 43.5 Å². The average molecular weight is 326 g/mol. The van der Waals surface area contributed by atoms with Crippen LogP contribution in [-0.2, 0) is 13.0 Å². The fraction of sp³-hybridized carbons (Fsp3) is 0.368. The van der Waals surface area contributed by atoms with Crippen molar-refractivity contribution in [3.05, 3.63) is 59.4 Å². The van der Waals surface area contributed by atoms with Gasteiger partial charge in [-0.15, -0.1) is 0 Å². The number of aromatic carboxylic acids is 1. The Labute approximate surface area is 141 Å². The number of likely N-dealkylation sites (tertiary alicyclic amines) is 1. The number of rotatable bonds is 6. The lowest BCUT2D eigenvalue weighted by Gasteiger charge is -2.18. The Kier molecular flexibility index (Phi) is 5.11. The lowest BCUT2D eigenvalue weighted by Crippen LogP contribution is -2.21. The summed E-state index contributed by atoms with van der Waals surface area (Å²) in [6.07, 6.45) is 3.44. The average Bonchev–Trinajstić information content (AvgIpc) is 3.02. The second kappa shape index (κ2) is 7.45. The summed E-state index contributed by atoms with van der Waals surface area (Å²) in [7, 11) is 1.69. The summed E-state index contributed by atoms with van der Waals surface area (Å²) in [5, 5.41) is 9.28. The molecule has 1 saturated heterocycles. The van der Waals surface area contributed by atoms with Crippen LogP contribution in [0.1, 0.15) is 28.0 Å². The lowest BCUT2D eigenvalue weighted by atomic mass is 9.99. The van der Waals surface area contributed by atoms with Crippen LogP contribution in [0.4, 0.5) is 0 Å². The molecule has 2 aromatic rings. The van der Waals surface area contributed by atoms with Gasteiger partial charge < -0.3 is 9.84 Å². The van der Waals surface area contributed by atoms with Gasteiger partial charge in [0.05, 0.1) is 18.4 Å². The van der Waals surface area contributed by atoms with E-state index in [-0.39, 0.29) is 0 Å². The summed E-state index contributed by atoms with van der Waals surface area (Å²) < 4.78 is 5.42. The first-order valence-corrected chi connectivity index (χ1v) is 8.19. The minimum atomic E-state index is -0.901. The van der Waals surface area contributed by atoms with Crippen LogP contribution in [0, 0.1) is 5.92 Å². The Hall–Kier alpha value is -2.40. The minimum absolute atomic E-state index is 0.320. The third-order valence-corrected chi connectivity index (χ3v) is 4.56. The van der Waals surface area contributed by atoms with Crippen LogP contribution in [-0.4, -0.2) is 41.2 Å². The van der Waals surface area contributed by atoms with Crippen molar-refractivity contribution in [3.63, 3.8) is 0 Å². The largest absolute Gasteiger partial charge is 0.496 e. The van der Waals surface area contributed by atoms with Gasteiger partial charge in [0.25, 0.3) is 0 Å². The van der Waals surface area contributed by atoms with E-state index in [9.17, 15) is 9.90 Å². The number of aromatic nitrogens is 1. The number of nitrogens with zero attached hydrogens (tertiary/aromatic N) is 2. The van der Waals surface area contributed by atoms with Gasteiger partial charge in [0, 0.05) is 24.8 Å². The normalized spacial score (nSPS) is 17.8. The molecule has 2 heterocycles. The summed E-state index contributed by atoms with van der Waals surface area (Å²) in [6.45, 7) is 2.82. The standard InChI is InChI=1S/C19H22N2O3/c1-24-18-7-3-2-5-15(18)13-21-10-8-14(12-21)11-17-16(19(22)23)6-4-9-20-17/h2-7,9,14H,8,10-13H2,1H3,(H,22,23). The fourth-order valence-corrected chi connectivity index (χ4v) is 3.37. The van der Waals surface area contributed by atoms with Crippen molar-refractivity contribution in [2.24, 2.45) is 5.92 Å². The van der Waals surface area contributed by atoms with E-state index in [0.717, 1.165) is 31.8 Å². The molecule has 1 aromatic carbocycles. The molecule has 5 heteroatoms. The van der Waals surface area contributed by atoms with Crippen molar-refractivity contribution in [1.82, 2.24) is 9.88 Å². The van der Waals surface area contributed by atoms with Gasteiger partial charge in [-0.25, -0.2) is 4.79 Å². The smallest absolute Gasteiger partial charge is 0.337 e. The highest BCUT2D eigenvalue weighted by molar-refractivity contribution is 5.88. The molecule has 1 fully saturated rings. The van der Waals surface area contributed by atoms with Crippen molar-refractivity contribution in [2.75, 3.05) is 20.2 Å². The van der Waals surface area contributed by atoms with E-state index in [1.807, 2.05) is 18.2 Å². The highest BCUT2D eigenvalue weighted by Gasteiger charge is 2.25. The first kappa shape index (κ1) is 16.5. The number of carboxylic acids is 1. The zero-order valence-corrected chi connectivity index (χ0v) is 13.8. The van der Waals surface area contributed by atoms with Crippen molar-refractivity contribution in [1.29, 1.82) is 0 Å². The van der Waals surface area contributed by atoms with Crippen LogP contribution < -0.4 is 4.74 Å². The number of ether oxygens (including phenoxy) is 1. The van der Waals surface area contributed by atoms with Crippen molar-refractivity contribution in [3.8, 4) is 5.75 Å². The zero-order valence-electron chi connectivity index (χ0n) is 13.8. The van der Waals surface area contributed by atoms with Crippen LogP contribution in [0.5, 0.6) is 5.75 Å². The molecule has 1 atom stereocenters. The second-order valence-electron chi connectivity index (χ2n) is 6.21. The van der Waals surface area contributed by atoms with Crippen LogP contribution in [0.3, 0.4) is 0 Å². The molecule has 1 aromatic heterocycles. The van der Waals surface area contributed by atoms with Crippen molar-refractivity contribution < 1.29 is 14.6 Å². The number of carboxylic acid groups (broad SMARTS) is 1. The van der Waals surface area contributed by atoms with Crippen LogP contribution in [0.15, 0.2) is 42.6 Å². The van der Waals surface area contributed by atoms with Crippen LogP contribution in [0.2, 0.25) is 0 Å². The quantitative estimate of drug-likeness (QED) is 0.884. The molecule has 0 amide bonds. The van der Waals surface area contributed by atoms with Crippen molar-refractivity contribution in [2.45, 2.75) is 19.4 Å². The minimum Gasteiger partial charge on any atom is -0.496 e. The maximum absolute atomic E-state index is 11.3. The van der Waals surface area contributed by atoms with Gasteiger partial charge in [0.2, 0.25) is 0 Å². The molecule has 24 heavy (non-hydrogen) atoms. The molecule has 0 radical (unpaired) electrons. The predicted molar refractivity (Wildman–Crippen MR) is 91.3 cm³/mol. The Balaban J connectivity index is 1.63. The van der Waals surface area contributed by atoms with E-state index in [0.29, 0.717) is 23.6 Å². The molecule has 1 unspecified atom stereocenters. The molecule has 1 aliphatic heterocycles. The molecular formula is C19H22N2O3. The Morgan fingerprint density at radius 2 is 2.17 bits per heavy atom. The number of hydrogen-bond donors (Lipinski definition) is 1. The summed E-state index contributed by atoms with van der Waals surface area (Å²) in [6, 6.07) is 11.4. The topological polar surface area (TPSA) is 62.7 Å². The van der Waals surface area contributed by atoms with Crippen LogP contribution >= 0.6 is 0 Å². The Morgan fingerprint density at radius 3 is 2.96 bits per heavy atom. The number of methoxy groups -OCH3 is 1.